The van der Waals surface area contributed by atoms with Crippen LogP contribution in [0.4, 0.5) is 0 Å². The Hall–Kier alpha value is -1.26. The Morgan fingerprint density at radius 1 is 1.18 bits per heavy atom. The van der Waals surface area contributed by atoms with Gasteiger partial charge in [0, 0.05) is 19.6 Å². The summed E-state index contributed by atoms with van der Waals surface area (Å²) >= 11 is 0. The molecule has 0 atom stereocenters. The summed E-state index contributed by atoms with van der Waals surface area (Å²) in [6.45, 7) is 5.51. The van der Waals surface area contributed by atoms with Crippen molar-refractivity contribution in [2.75, 3.05) is 39.5 Å². The zero-order valence-corrected chi connectivity index (χ0v) is 9.97. The molecule has 1 heterocycles. The van der Waals surface area contributed by atoms with Gasteiger partial charge in [-0.15, -0.1) is 0 Å². The number of aromatic hydroxyl groups is 1. The molecule has 0 radical (unpaired) electrons. The Morgan fingerprint density at radius 2 is 1.88 bits per heavy atom. The molecule has 4 heteroatoms. The maximum absolute atomic E-state index is 9.12. The zero-order valence-electron chi connectivity index (χ0n) is 9.97. The molecule has 2 rings (SSSR count). The molecule has 1 saturated heterocycles. The van der Waals surface area contributed by atoms with Gasteiger partial charge in [-0.25, -0.2) is 0 Å². The van der Waals surface area contributed by atoms with E-state index < -0.39 is 0 Å². The maximum atomic E-state index is 9.12. The number of ether oxygens (including phenoxy) is 2. The lowest BCUT2D eigenvalue weighted by molar-refractivity contribution is 0.0358. The average molecular weight is 237 g/mol. The molecule has 1 aromatic rings. The van der Waals surface area contributed by atoms with Crippen LogP contribution in [-0.2, 0) is 4.74 Å². The summed E-state index contributed by atoms with van der Waals surface area (Å²) in [5, 5.41) is 9.12. The Bertz CT molecular complexity index is 320. The highest BCUT2D eigenvalue weighted by Crippen LogP contribution is 2.15. The summed E-state index contributed by atoms with van der Waals surface area (Å²) in [6, 6.07) is 6.84. The molecule has 0 saturated carbocycles. The van der Waals surface area contributed by atoms with Crippen LogP contribution in [0.1, 0.15) is 6.42 Å². The minimum absolute atomic E-state index is 0.269. The van der Waals surface area contributed by atoms with E-state index in [4.69, 9.17) is 14.6 Å². The van der Waals surface area contributed by atoms with Gasteiger partial charge in [-0.05, 0) is 30.7 Å². The van der Waals surface area contributed by atoms with Gasteiger partial charge in [0.2, 0.25) is 0 Å². The first-order chi connectivity index (χ1) is 8.34. The Kier molecular flexibility index (Phi) is 4.64. The van der Waals surface area contributed by atoms with Crippen molar-refractivity contribution in [3.05, 3.63) is 24.3 Å². The van der Waals surface area contributed by atoms with Crippen LogP contribution in [0.5, 0.6) is 11.5 Å². The van der Waals surface area contributed by atoms with E-state index in [0.29, 0.717) is 6.61 Å². The molecule has 17 heavy (non-hydrogen) atoms. The second kappa shape index (κ2) is 6.47. The summed E-state index contributed by atoms with van der Waals surface area (Å²) in [4.78, 5) is 2.39. The minimum Gasteiger partial charge on any atom is -0.508 e. The Labute approximate surface area is 102 Å². The second-order valence-electron chi connectivity index (χ2n) is 4.15. The van der Waals surface area contributed by atoms with Crippen molar-refractivity contribution in [3.8, 4) is 11.5 Å². The van der Waals surface area contributed by atoms with Gasteiger partial charge in [-0.1, -0.05) is 0 Å². The summed E-state index contributed by atoms with van der Waals surface area (Å²) in [7, 11) is 0. The smallest absolute Gasteiger partial charge is 0.119 e. The predicted octanol–water partition coefficient (Wildman–Crippen LogP) is 1.49. The number of rotatable bonds is 5. The fourth-order valence-corrected chi connectivity index (χ4v) is 1.85. The molecule has 0 unspecified atom stereocenters. The molecule has 1 N–H and O–H groups in total. The van der Waals surface area contributed by atoms with Crippen LogP contribution in [0, 0.1) is 0 Å². The van der Waals surface area contributed by atoms with Gasteiger partial charge in [0.25, 0.3) is 0 Å². The number of morpholine rings is 1. The summed E-state index contributed by atoms with van der Waals surface area (Å²) in [5.41, 5.74) is 0. The van der Waals surface area contributed by atoms with E-state index in [1.165, 1.54) is 0 Å². The van der Waals surface area contributed by atoms with Gasteiger partial charge in [-0.2, -0.15) is 0 Å². The molecular weight excluding hydrogens is 218 g/mol. The molecule has 0 spiro atoms. The van der Waals surface area contributed by atoms with E-state index in [1.807, 2.05) is 0 Å². The van der Waals surface area contributed by atoms with Crippen molar-refractivity contribution < 1.29 is 14.6 Å². The summed E-state index contributed by atoms with van der Waals surface area (Å²) < 4.78 is 10.9. The first kappa shape index (κ1) is 12.2. The van der Waals surface area contributed by atoms with Crippen LogP contribution < -0.4 is 4.74 Å². The van der Waals surface area contributed by atoms with E-state index >= 15 is 0 Å². The van der Waals surface area contributed by atoms with Gasteiger partial charge in [-0.3, -0.25) is 4.90 Å². The monoisotopic (exact) mass is 237 g/mol. The maximum Gasteiger partial charge on any atom is 0.119 e. The second-order valence-corrected chi connectivity index (χ2v) is 4.15. The highest BCUT2D eigenvalue weighted by Gasteiger charge is 2.09. The first-order valence-electron chi connectivity index (χ1n) is 6.06. The van der Waals surface area contributed by atoms with Crippen LogP contribution >= 0.6 is 0 Å². The van der Waals surface area contributed by atoms with Crippen molar-refractivity contribution in [3.63, 3.8) is 0 Å². The third-order valence-corrected chi connectivity index (χ3v) is 2.83. The number of hydrogen-bond donors (Lipinski definition) is 1. The molecule has 94 valence electrons. The van der Waals surface area contributed by atoms with Crippen molar-refractivity contribution in [2.45, 2.75) is 6.42 Å². The fraction of sp³-hybridized carbons (Fsp3) is 0.538. The van der Waals surface area contributed by atoms with Crippen LogP contribution in [0.25, 0.3) is 0 Å². The normalized spacial score (nSPS) is 16.9. The van der Waals surface area contributed by atoms with E-state index in [9.17, 15) is 0 Å². The van der Waals surface area contributed by atoms with Gasteiger partial charge in [0.05, 0.1) is 19.8 Å². The van der Waals surface area contributed by atoms with Crippen LogP contribution in [-0.4, -0.2) is 49.5 Å². The number of nitrogens with zero attached hydrogens (tertiary/aromatic N) is 1. The van der Waals surface area contributed by atoms with E-state index in [2.05, 4.69) is 4.90 Å². The van der Waals surface area contributed by atoms with Gasteiger partial charge < -0.3 is 14.6 Å². The third-order valence-electron chi connectivity index (χ3n) is 2.83. The molecular formula is C13H19NO3. The Morgan fingerprint density at radius 3 is 2.59 bits per heavy atom. The van der Waals surface area contributed by atoms with Gasteiger partial charge >= 0.3 is 0 Å². The van der Waals surface area contributed by atoms with Crippen molar-refractivity contribution in [2.24, 2.45) is 0 Å². The average Bonchev–Trinajstić information content (AvgIpc) is 2.38. The lowest BCUT2D eigenvalue weighted by Gasteiger charge is -2.26. The Balaban J connectivity index is 1.60. The molecule has 1 aromatic carbocycles. The van der Waals surface area contributed by atoms with E-state index in [0.717, 1.165) is 45.0 Å². The van der Waals surface area contributed by atoms with Gasteiger partial charge in [0.1, 0.15) is 11.5 Å². The van der Waals surface area contributed by atoms with E-state index in [-0.39, 0.29) is 5.75 Å². The SMILES string of the molecule is Oc1ccc(OCCCN2CCOCC2)cc1. The molecule has 0 bridgehead atoms. The summed E-state index contributed by atoms with van der Waals surface area (Å²) in [6.07, 6.45) is 1.01. The molecule has 1 fully saturated rings. The standard InChI is InChI=1S/C13H19NO3/c15-12-2-4-13(5-3-12)17-9-1-6-14-7-10-16-11-8-14/h2-5,15H,1,6-11H2. The molecule has 0 amide bonds. The van der Waals surface area contributed by atoms with Crippen molar-refractivity contribution >= 4 is 0 Å². The zero-order chi connectivity index (χ0) is 11.9. The highest BCUT2D eigenvalue weighted by molar-refractivity contribution is 5.29. The molecule has 4 nitrogen and oxygen atoms in total. The lowest BCUT2D eigenvalue weighted by atomic mass is 10.3. The van der Waals surface area contributed by atoms with Crippen molar-refractivity contribution in [1.82, 2.24) is 4.90 Å². The van der Waals surface area contributed by atoms with Gasteiger partial charge in [0.15, 0.2) is 0 Å². The van der Waals surface area contributed by atoms with Crippen LogP contribution in [0.3, 0.4) is 0 Å². The topological polar surface area (TPSA) is 41.9 Å². The first-order valence-corrected chi connectivity index (χ1v) is 6.06. The highest BCUT2D eigenvalue weighted by atomic mass is 16.5. The van der Waals surface area contributed by atoms with E-state index in [1.54, 1.807) is 24.3 Å². The third kappa shape index (κ3) is 4.24. The van der Waals surface area contributed by atoms with Crippen LogP contribution in [0.15, 0.2) is 24.3 Å². The largest absolute Gasteiger partial charge is 0.508 e. The minimum atomic E-state index is 0.269. The number of hydrogen-bond acceptors (Lipinski definition) is 4. The summed E-state index contributed by atoms with van der Waals surface area (Å²) in [5.74, 6) is 1.08. The number of phenolic OH excluding ortho intramolecular Hbond substituents is 1. The molecule has 0 aliphatic carbocycles. The molecule has 0 aromatic heterocycles. The fourth-order valence-electron chi connectivity index (χ4n) is 1.85. The number of phenols is 1. The predicted molar refractivity (Wildman–Crippen MR) is 65.5 cm³/mol. The lowest BCUT2D eigenvalue weighted by Crippen LogP contribution is -2.37. The quantitative estimate of drug-likeness (QED) is 0.788. The molecule has 1 aliphatic heterocycles. The molecule has 1 aliphatic rings. The van der Waals surface area contributed by atoms with Crippen molar-refractivity contribution in [1.29, 1.82) is 0 Å². The van der Waals surface area contributed by atoms with Crippen LogP contribution in [0.2, 0.25) is 0 Å². The number of benzene rings is 1.